The summed E-state index contributed by atoms with van der Waals surface area (Å²) in [4.78, 5) is 9.94. The Kier molecular flexibility index (Phi) is 8.83. The fourth-order valence-corrected chi connectivity index (χ4v) is 14.6. The Hall–Kier alpha value is -9.49. The highest BCUT2D eigenvalue weighted by molar-refractivity contribution is 7.18. The zero-order valence-electron chi connectivity index (χ0n) is 41.0. The van der Waals surface area contributed by atoms with Gasteiger partial charge in [0.2, 0.25) is 5.88 Å². The predicted octanol–water partition coefficient (Wildman–Crippen LogP) is 15.7. The van der Waals surface area contributed by atoms with E-state index in [9.17, 15) is 0 Å². The van der Waals surface area contributed by atoms with E-state index in [1.54, 1.807) is 0 Å². The molecule has 8 heteroatoms. The van der Waals surface area contributed by atoms with Crippen LogP contribution in [0.2, 0.25) is 0 Å². The van der Waals surface area contributed by atoms with E-state index in [0.29, 0.717) is 0 Å². The molecule has 10 aromatic carbocycles. The van der Waals surface area contributed by atoms with Crippen LogP contribution in [0.5, 0.6) is 0 Å². The number of furan rings is 1. The third-order valence-corrected chi connectivity index (χ3v) is 17.5. The van der Waals surface area contributed by atoms with Gasteiger partial charge >= 0.3 is 13.7 Å². The molecule has 0 saturated heterocycles. The lowest BCUT2D eigenvalue weighted by Crippen LogP contribution is -2.62. The second-order valence-corrected chi connectivity index (χ2v) is 21.2. The largest absolute Gasteiger partial charge is 0.448 e. The van der Waals surface area contributed by atoms with Gasteiger partial charge in [0.15, 0.2) is 0 Å². The van der Waals surface area contributed by atoms with Crippen LogP contribution in [0, 0.1) is 0 Å². The topological polar surface area (TPSA) is 26.1 Å². The number of hydrogen-bond donors (Lipinski definition) is 0. The van der Waals surface area contributed by atoms with Gasteiger partial charge in [0.25, 0.3) is 0 Å². The van der Waals surface area contributed by atoms with Crippen molar-refractivity contribution in [2.45, 2.75) is 0 Å². The quantitative estimate of drug-likeness (QED) is 0.164. The minimum absolute atomic E-state index is 0.0586. The lowest BCUT2D eigenvalue weighted by atomic mass is 9.42. The third kappa shape index (κ3) is 5.76. The van der Waals surface area contributed by atoms with Crippen LogP contribution in [-0.4, -0.2) is 13.7 Å². The van der Waals surface area contributed by atoms with Gasteiger partial charge in [-0.25, -0.2) is 0 Å². The van der Waals surface area contributed by atoms with Crippen LogP contribution in [-0.2, 0) is 0 Å². The van der Waals surface area contributed by atoms with Crippen molar-refractivity contribution in [3.63, 3.8) is 0 Å². The molecule has 0 saturated carbocycles. The SMILES string of the molecule is c1ccc(-c2cccc(N3c4cccc5c4B4c6c(coc63)-c3ccccc3N4c3ccccc3-5)c2)cc1.c1ccc(-c2cccc(N3c4cccc5c4B4c6c(csc63)-c3ccccc3N4c3ccccc3-5)c2)cc1. The minimum Gasteiger partial charge on any atom is -0.448 e. The molecule has 0 aliphatic carbocycles. The van der Waals surface area contributed by atoms with E-state index >= 15 is 0 Å². The average molecular weight is 985 g/mol. The molecule has 352 valence electrons. The highest BCUT2D eigenvalue weighted by atomic mass is 32.1. The van der Waals surface area contributed by atoms with Crippen molar-refractivity contribution in [2.75, 3.05) is 19.4 Å². The van der Waals surface area contributed by atoms with Crippen molar-refractivity contribution in [3.8, 4) is 66.8 Å². The minimum atomic E-state index is 0.0586. The fourth-order valence-electron chi connectivity index (χ4n) is 13.5. The predicted molar refractivity (Wildman–Crippen MR) is 319 cm³/mol. The van der Waals surface area contributed by atoms with E-state index < -0.39 is 0 Å². The number of nitrogens with zero attached hydrogens (tertiary/aromatic N) is 4. The van der Waals surface area contributed by atoms with Gasteiger partial charge in [-0.3, -0.25) is 4.90 Å². The molecule has 6 aliphatic rings. The molecule has 76 heavy (non-hydrogen) atoms. The van der Waals surface area contributed by atoms with Crippen LogP contribution in [0.1, 0.15) is 0 Å². The van der Waals surface area contributed by atoms with Crippen molar-refractivity contribution in [1.29, 1.82) is 0 Å². The summed E-state index contributed by atoms with van der Waals surface area (Å²) >= 11 is 1.86. The molecule has 0 amide bonds. The third-order valence-electron chi connectivity index (χ3n) is 16.5. The van der Waals surface area contributed by atoms with Crippen molar-refractivity contribution in [3.05, 3.63) is 254 Å². The molecule has 2 aromatic heterocycles. The molecular weight excluding hydrogens is 942 g/mol. The van der Waals surface area contributed by atoms with Crippen LogP contribution in [0.4, 0.5) is 56.4 Å². The van der Waals surface area contributed by atoms with Gasteiger partial charge in [-0.05, 0) is 116 Å². The standard InChI is InChI=1S/C34H21BN2O.C34H21BN2S/c2*1-2-10-22(11-3-1)23-12-8-13-24(20-23)36-31-19-9-16-27-25-14-4-6-17-29(25)37-30-18-7-5-15-26(30)28-21-38-34(36)33(28)35(37)32(27)31/h2*1-21H. The summed E-state index contributed by atoms with van der Waals surface area (Å²) < 4.78 is 6.51. The summed E-state index contributed by atoms with van der Waals surface area (Å²) in [6, 6.07) is 87.9. The average Bonchev–Trinajstić information content (AvgIpc) is 4.27. The molecule has 0 unspecified atom stereocenters. The number of para-hydroxylation sites is 4. The summed E-state index contributed by atoms with van der Waals surface area (Å²) in [5.74, 6) is 0.902. The Bertz CT molecular complexity index is 4100. The molecule has 0 radical (unpaired) electrons. The second-order valence-electron chi connectivity index (χ2n) is 20.3. The molecule has 0 bridgehead atoms. The van der Waals surface area contributed by atoms with Gasteiger partial charge in [0, 0.05) is 84.2 Å². The monoisotopic (exact) mass is 984 g/mol. The van der Waals surface area contributed by atoms with Gasteiger partial charge in [-0.1, -0.05) is 182 Å². The molecule has 0 spiro atoms. The first kappa shape index (κ1) is 41.9. The Morgan fingerprint density at radius 3 is 1.24 bits per heavy atom. The van der Waals surface area contributed by atoms with Crippen molar-refractivity contribution in [1.82, 2.24) is 0 Å². The Balaban J connectivity index is 0.000000124. The number of anilines is 10. The summed E-state index contributed by atoms with van der Waals surface area (Å²) in [6.07, 6.45) is 1.96. The normalized spacial score (nSPS) is 13.6. The van der Waals surface area contributed by atoms with Crippen LogP contribution in [0.15, 0.2) is 259 Å². The maximum atomic E-state index is 6.51. The highest BCUT2D eigenvalue weighted by Gasteiger charge is 2.52. The summed E-state index contributed by atoms with van der Waals surface area (Å²) in [6.45, 7) is 0.221. The smallest absolute Gasteiger partial charge is 0.337 e. The molecule has 12 aromatic rings. The molecule has 8 heterocycles. The first-order valence-electron chi connectivity index (χ1n) is 26.1. The number of rotatable bonds is 4. The van der Waals surface area contributed by atoms with E-state index in [-0.39, 0.29) is 13.7 Å². The van der Waals surface area contributed by atoms with Crippen molar-refractivity contribution in [2.24, 2.45) is 0 Å². The van der Waals surface area contributed by atoms with E-state index in [0.717, 1.165) is 11.6 Å². The number of thiophene rings is 1. The number of benzene rings is 10. The first-order valence-corrected chi connectivity index (χ1v) is 27.0. The van der Waals surface area contributed by atoms with E-state index in [1.165, 1.54) is 133 Å². The van der Waals surface area contributed by atoms with Gasteiger partial charge in [-0.2, -0.15) is 0 Å². The van der Waals surface area contributed by atoms with Crippen LogP contribution < -0.4 is 41.3 Å². The Morgan fingerprint density at radius 2 is 0.697 bits per heavy atom. The van der Waals surface area contributed by atoms with Crippen molar-refractivity contribution < 1.29 is 4.42 Å². The lowest BCUT2D eigenvalue weighted by Gasteiger charge is -2.47. The highest BCUT2D eigenvalue weighted by Crippen LogP contribution is 2.55. The first-order chi connectivity index (χ1) is 37.8. The molecule has 18 rings (SSSR count). The van der Waals surface area contributed by atoms with Gasteiger partial charge in [0.05, 0.1) is 5.00 Å². The van der Waals surface area contributed by atoms with E-state index in [4.69, 9.17) is 4.42 Å². The number of fused-ring (bicyclic) bond motifs is 12. The Labute approximate surface area is 445 Å². The van der Waals surface area contributed by atoms with Gasteiger partial charge < -0.3 is 18.9 Å². The van der Waals surface area contributed by atoms with Crippen LogP contribution in [0.3, 0.4) is 0 Å². The molecule has 6 aliphatic heterocycles. The molecule has 0 fully saturated rings. The summed E-state index contributed by atoms with van der Waals surface area (Å²) in [7, 11) is 0. The second kappa shape index (κ2) is 16.0. The lowest BCUT2D eigenvalue weighted by molar-refractivity contribution is 0.576. The van der Waals surface area contributed by atoms with Crippen LogP contribution in [0.25, 0.3) is 66.8 Å². The van der Waals surface area contributed by atoms with E-state index in [1.807, 2.05) is 17.6 Å². The zero-order chi connectivity index (χ0) is 49.6. The zero-order valence-corrected chi connectivity index (χ0v) is 41.8. The molecule has 5 nitrogen and oxygen atoms in total. The summed E-state index contributed by atoms with van der Waals surface area (Å²) in [5, 5.41) is 3.69. The molecule has 0 atom stereocenters. The molecule has 0 N–H and O–H groups in total. The Morgan fingerprint density at radius 1 is 0.303 bits per heavy atom. The summed E-state index contributed by atoms with van der Waals surface area (Å²) in [5.41, 5.74) is 30.3. The van der Waals surface area contributed by atoms with Crippen molar-refractivity contribution >= 4 is 103 Å². The maximum Gasteiger partial charge on any atom is 0.337 e. The maximum absolute atomic E-state index is 6.51. The van der Waals surface area contributed by atoms with Gasteiger partial charge in [0.1, 0.15) is 6.26 Å². The number of hydrogen-bond acceptors (Lipinski definition) is 6. The fraction of sp³-hybridized carbons (Fsp3) is 0. The van der Waals surface area contributed by atoms with Gasteiger partial charge in [-0.15, -0.1) is 11.3 Å². The molecular formula is C68H42B2N4OS. The van der Waals surface area contributed by atoms with E-state index in [2.05, 4.69) is 267 Å². The van der Waals surface area contributed by atoms with Crippen LogP contribution >= 0.6 is 11.3 Å².